The van der Waals surface area contributed by atoms with Crippen LogP contribution in [0.4, 0.5) is 4.39 Å². The molecule has 2 nitrogen and oxygen atoms in total. The molecule has 0 amide bonds. The van der Waals surface area contributed by atoms with Gasteiger partial charge in [0, 0.05) is 15.7 Å². The zero-order valence-corrected chi connectivity index (χ0v) is 9.88. The van der Waals surface area contributed by atoms with Crippen molar-refractivity contribution in [2.45, 2.75) is 19.4 Å². The lowest BCUT2D eigenvalue weighted by atomic mass is 9.94. The normalized spacial score (nSPS) is 19.7. The number of aliphatic hydroxyl groups is 1. The van der Waals surface area contributed by atoms with E-state index in [-0.39, 0.29) is 18.5 Å². The lowest BCUT2D eigenvalue weighted by Crippen LogP contribution is -2.23. The van der Waals surface area contributed by atoms with E-state index < -0.39 is 0 Å². The first kappa shape index (κ1) is 10.8. The van der Waals surface area contributed by atoms with Gasteiger partial charge >= 0.3 is 0 Å². The SMILES string of the molecule is CC1=NC(CO)Cc2cc(Br)cc(F)c21. The van der Waals surface area contributed by atoms with Gasteiger partial charge in [0.05, 0.1) is 12.6 Å². The van der Waals surface area contributed by atoms with Crippen molar-refractivity contribution < 1.29 is 9.50 Å². The maximum Gasteiger partial charge on any atom is 0.133 e. The molecule has 0 saturated heterocycles. The van der Waals surface area contributed by atoms with E-state index in [1.165, 1.54) is 6.07 Å². The van der Waals surface area contributed by atoms with Gasteiger partial charge in [-0.15, -0.1) is 0 Å². The highest BCUT2D eigenvalue weighted by Gasteiger charge is 2.21. The van der Waals surface area contributed by atoms with Crippen LogP contribution in [0.5, 0.6) is 0 Å². The monoisotopic (exact) mass is 271 g/mol. The van der Waals surface area contributed by atoms with Crippen LogP contribution in [0.25, 0.3) is 0 Å². The summed E-state index contributed by atoms with van der Waals surface area (Å²) in [5.74, 6) is -0.253. The van der Waals surface area contributed by atoms with Gasteiger partial charge in [0.15, 0.2) is 0 Å². The molecule has 0 radical (unpaired) electrons. The summed E-state index contributed by atoms with van der Waals surface area (Å²) in [6, 6.07) is 3.20. The molecule has 1 atom stereocenters. The summed E-state index contributed by atoms with van der Waals surface area (Å²) in [5, 5.41) is 9.06. The van der Waals surface area contributed by atoms with Gasteiger partial charge in [-0.25, -0.2) is 4.39 Å². The topological polar surface area (TPSA) is 32.6 Å². The minimum atomic E-state index is -0.253. The number of rotatable bonds is 1. The van der Waals surface area contributed by atoms with Crippen molar-refractivity contribution in [2.24, 2.45) is 4.99 Å². The Labute approximate surface area is 96.0 Å². The van der Waals surface area contributed by atoms with Crippen LogP contribution in [0.1, 0.15) is 18.1 Å². The number of benzene rings is 1. The first-order valence-electron chi connectivity index (χ1n) is 4.75. The third-order valence-electron chi connectivity index (χ3n) is 2.54. The fraction of sp³-hybridized carbons (Fsp3) is 0.364. The molecule has 1 heterocycles. The largest absolute Gasteiger partial charge is 0.394 e. The van der Waals surface area contributed by atoms with Crippen LogP contribution in [0.2, 0.25) is 0 Å². The number of hydrogen-bond donors (Lipinski definition) is 1. The standard InChI is InChI=1S/C11H11BrFNO/c1-6-11-7(3-9(5-15)14-6)2-8(12)4-10(11)13/h2,4,9,15H,3,5H2,1H3. The van der Waals surface area contributed by atoms with Crippen LogP contribution in [0.3, 0.4) is 0 Å². The molecular weight excluding hydrogens is 261 g/mol. The second-order valence-corrected chi connectivity index (χ2v) is 4.59. The van der Waals surface area contributed by atoms with Gasteiger partial charge in [-0.05, 0) is 31.0 Å². The van der Waals surface area contributed by atoms with Crippen LogP contribution in [0.15, 0.2) is 21.6 Å². The van der Waals surface area contributed by atoms with E-state index in [1.807, 2.05) is 6.07 Å². The van der Waals surface area contributed by atoms with Gasteiger partial charge in [-0.3, -0.25) is 4.99 Å². The van der Waals surface area contributed by atoms with Crippen molar-refractivity contribution >= 4 is 21.6 Å². The summed E-state index contributed by atoms with van der Waals surface area (Å²) in [4.78, 5) is 4.24. The molecule has 1 aliphatic heterocycles. The van der Waals surface area contributed by atoms with Crippen LogP contribution < -0.4 is 0 Å². The van der Waals surface area contributed by atoms with E-state index >= 15 is 0 Å². The van der Waals surface area contributed by atoms with Crippen molar-refractivity contribution in [1.82, 2.24) is 0 Å². The Morgan fingerprint density at radius 3 is 3.00 bits per heavy atom. The maximum atomic E-state index is 13.6. The molecule has 15 heavy (non-hydrogen) atoms. The van der Waals surface area contributed by atoms with E-state index in [0.717, 1.165) is 10.0 Å². The third kappa shape index (κ3) is 1.96. The van der Waals surface area contributed by atoms with E-state index in [2.05, 4.69) is 20.9 Å². The van der Waals surface area contributed by atoms with E-state index in [9.17, 15) is 4.39 Å². The lowest BCUT2D eigenvalue weighted by molar-refractivity contribution is 0.265. The number of nitrogens with zero attached hydrogens (tertiary/aromatic N) is 1. The predicted molar refractivity (Wildman–Crippen MR) is 60.9 cm³/mol. The van der Waals surface area contributed by atoms with Crippen LogP contribution >= 0.6 is 15.9 Å². The van der Waals surface area contributed by atoms with Crippen molar-refractivity contribution in [2.75, 3.05) is 6.61 Å². The molecular formula is C11H11BrFNO. The van der Waals surface area contributed by atoms with Gasteiger partial charge in [0.25, 0.3) is 0 Å². The highest BCUT2D eigenvalue weighted by Crippen LogP contribution is 2.26. The summed E-state index contributed by atoms with van der Waals surface area (Å²) < 4.78 is 14.4. The molecule has 0 saturated carbocycles. The molecule has 1 aromatic rings. The molecule has 0 aromatic heterocycles. The Morgan fingerprint density at radius 2 is 2.33 bits per heavy atom. The second kappa shape index (κ2) is 4.02. The van der Waals surface area contributed by atoms with Gasteiger partial charge in [-0.2, -0.15) is 0 Å². The molecule has 4 heteroatoms. The summed E-state index contributed by atoms with van der Waals surface area (Å²) in [7, 11) is 0. The zero-order chi connectivity index (χ0) is 11.0. The number of halogens is 2. The van der Waals surface area contributed by atoms with Crippen molar-refractivity contribution in [3.63, 3.8) is 0 Å². The quantitative estimate of drug-likeness (QED) is 0.836. The van der Waals surface area contributed by atoms with Gasteiger partial charge < -0.3 is 5.11 Å². The minimum absolute atomic E-state index is 0.00487. The first-order chi connectivity index (χ1) is 7.11. The highest BCUT2D eigenvalue weighted by atomic mass is 79.9. The summed E-state index contributed by atoms with van der Waals surface area (Å²) in [5.41, 5.74) is 2.16. The molecule has 1 unspecified atom stereocenters. The van der Waals surface area contributed by atoms with Crippen LogP contribution in [0, 0.1) is 5.82 Å². The number of aliphatic imine (C=N–C) groups is 1. The fourth-order valence-electron chi connectivity index (χ4n) is 1.94. The Morgan fingerprint density at radius 1 is 1.60 bits per heavy atom. The van der Waals surface area contributed by atoms with Gasteiger partial charge in [-0.1, -0.05) is 15.9 Å². The zero-order valence-electron chi connectivity index (χ0n) is 8.30. The third-order valence-corrected chi connectivity index (χ3v) is 3.00. The second-order valence-electron chi connectivity index (χ2n) is 3.68. The average molecular weight is 272 g/mol. The van der Waals surface area contributed by atoms with Crippen molar-refractivity contribution in [3.8, 4) is 0 Å². The van der Waals surface area contributed by atoms with E-state index in [1.54, 1.807) is 6.92 Å². The lowest BCUT2D eigenvalue weighted by Gasteiger charge is -2.21. The van der Waals surface area contributed by atoms with Gasteiger partial charge in [0.1, 0.15) is 5.82 Å². The molecule has 1 aromatic carbocycles. The number of aliphatic hydroxyl groups excluding tert-OH is 1. The van der Waals surface area contributed by atoms with Crippen LogP contribution in [-0.2, 0) is 6.42 Å². The summed E-state index contributed by atoms with van der Waals surface area (Å²) >= 11 is 3.26. The molecule has 0 spiro atoms. The molecule has 0 aliphatic carbocycles. The summed E-state index contributed by atoms with van der Waals surface area (Å²) in [6.07, 6.45) is 0.597. The first-order valence-corrected chi connectivity index (χ1v) is 5.54. The molecule has 0 bridgehead atoms. The molecule has 80 valence electrons. The van der Waals surface area contributed by atoms with E-state index in [4.69, 9.17) is 5.11 Å². The predicted octanol–water partition coefficient (Wildman–Crippen LogP) is 2.31. The molecule has 1 aliphatic rings. The smallest absolute Gasteiger partial charge is 0.133 e. The van der Waals surface area contributed by atoms with Crippen molar-refractivity contribution in [3.05, 3.63) is 33.5 Å². The Hall–Kier alpha value is -0.740. The minimum Gasteiger partial charge on any atom is -0.394 e. The molecule has 1 N–H and O–H groups in total. The number of hydrogen-bond acceptors (Lipinski definition) is 2. The Balaban J connectivity index is 2.54. The van der Waals surface area contributed by atoms with Gasteiger partial charge in [0.2, 0.25) is 0 Å². The number of fused-ring (bicyclic) bond motifs is 1. The molecule has 0 fully saturated rings. The maximum absolute atomic E-state index is 13.6. The van der Waals surface area contributed by atoms with E-state index in [0.29, 0.717) is 17.7 Å². The fourth-order valence-corrected chi connectivity index (χ4v) is 2.41. The van der Waals surface area contributed by atoms with Crippen LogP contribution in [-0.4, -0.2) is 23.5 Å². The molecule has 2 rings (SSSR count). The summed E-state index contributed by atoms with van der Waals surface area (Å²) in [6.45, 7) is 1.78. The van der Waals surface area contributed by atoms with Crippen molar-refractivity contribution in [1.29, 1.82) is 0 Å². The average Bonchev–Trinajstić information content (AvgIpc) is 2.15. The Kier molecular flexibility index (Phi) is 2.89. The Bertz CT molecular complexity index is 431. The highest BCUT2D eigenvalue weighted by molar-refractivity contribution is 9.10.